The van der Waals surface area contributed by atoms with Crippen LogP contribution in [-0.2, 0) is 16.4 Å². The van der Waals surface area contributed by atoms with Crippen molar-refractivity contribution in [1.29, 1.82) is 0 Å². The summed E-state index contributed by atoms with van der Waals surface area (Å²) >= 11 is 0. The third kappa shape index (κ3) is 2.36. The van der Waals surface area contributed by atoms with E-state index >= 15 is 0 Å². The number of hydrogen-bond donors (Lipinski definition) is 0. The van der Waals surface area contributed by atoms with Crippen molar-refractivity contribution in [2.75, 3.05) is 4.31 Å². The monoisotopic (exact) mass is 299 g/mol. The summed E-state index contributed by atoms with van der Waals surface area (Å²) in [6.45, 7) is 3.69. The molecule has 4 heteroatoms. The molecule has 0 N–H and O–H groups in total. The van der Waals surface area contributed by atoms with Crippen molar-refractivity contribution < 1.29 is 8.42 Å². The van der Waals surface area contributed by atoms with Crippen LogP contribution in [0.4, 0.5) is 11.4 Å². The fourth-order valence-electron chi connectivity index (χ4n) is 2.76. The first-order valence-electron chi connectivity index (χ1n) is 6.92. The van der Waals surface area contributed by atoms with E-state index in [4.69, 9.17) is 0 Å². The number of para-hydroxylation sites is 2. The maximum absolute atomic E-state index is 12.9. The van der Waals surface area contributed by atoms with Gasteiger partial charge in [-0.15, -0.1) is 6.58 Å². The molecular formula is C17H17NO2S. The Morgan fingerprint density at radius 1 is 1.10 bits per heavy atom. The molecule has 1 atom stereocenters. The molecule has 0 bridgehead atoms. The van der Waals surface area contributed by atoms with Crippen LogP contribution in [0.3, 0.4) is 0 Å². The number of anilines is 2. The zero-order valence-electron chi connectivity index (χ0n) is 11.6. The molecule has 1 heterocycles. The molecule has 0 saturated heterocycles. The van der Waals surface area contributed by atoms with Crippen LogP contribution in [-0.4, -0.2) is 13.7 Å². The van der Waals surface area contributed by atoms with Crippen LogP contribution >= 0.6 is 0 Å². The Balaban J connectivity index is 2.21. The largest absolute Gasteiger partial charge is 0.243 e. The second-order valence-electron chi connectivity index (χ2n) is 5.12. The fraction of sp³-hybridized carbons (Fsp3) is 0.176. The highest BCUT2D eigenvalue weighted by Gasteiger charge is 2.38. The van der Waals surface area contributed by atoms with Gasteiger partial charge in [-0.1, -0.05) is 42.5 Å². The van der Waals surface area contributed by atoms with Gasteiger partial charge in [0.2, 0.25) is 10.0 Å². The van der Waals surface area contributed by atoms with Crippen LogP contribution in [0, 0.1) is 0 Å². The van der Waals surface area contributed by atoms with E-state index in [9.17, 15) is 8.42 Å². The van der Waals surface area contributed by atoms with Gasteiger partial charge >= 0.3 is 0 Å². The summed E-state index contributed by atoms with van der Waals surface area (Å²) in [5, 5.41) is -0.454. The van der Waals surface area contributed by atoms with Crippen LogP contribution in [0.15, 0.2) is 67.3 Å². The summed E-state index contributed by atoms with van der Waals surface area (Å²) in [7, 11) is -3.43. The van der Waals surface area contributed by atoms with Crippen LogP contribution in [0.2, 0.25) is 0 Å². The van der Waals surface area contributed by atoms with Crippen LogP contribution in [0.25, 0.3) is 0 Å². The van der Waals surface area contributed by atoms with Gasteiger partial charge in [0.25, 0.3) is 0 Å². The molecule has 0 aliphatic carbocycles. The lowest BCUT2D eigenvalue weighted by molar-refractivity contribution is 0.574. The maximum atomic E-state index is 12.9. The summed E-state index contributed by atoms with van der Waals surface area (Å²) in [6.07, 6.45) is 2.67. The quantitative estimate of drug-likeness (QED) is 0.811. The SMILES string of the molecule is C=CCC1Cc2ccccc2N(c2ccccc2)S1(=O)=O. The highest BCUT2D eigenvalue weighted by Crippen LogP contribution is 2.39. The van der Waals surface area contributed by atoms with E-state index in [2.05, 4.69) is 6.58 Å². The summed E-state index contributed by atoms with van der Waals surface area (Å²) in [5.74, 6) is 0. The first-order valence-corrected chi connectivity index (χ1v) is 8.43. The van der Waals surface area contributed by atoms with E-state index in [1.165, 1.54) is 4.31 Å². The molecule has 21 heavy (non-hydrogen) atoms. The van der Waals surface area contributed by atoms with Crippen molar-refractivity contribution in [3.63, 3.8) is 0 Å². The molecule has 1 aliphatic rings. The van der Waals surface area contributed by atoms with Crippen molar-refractivity contribution in [3.05, 3.63) is 72.8 Å². The average molecular weight is 299 g/mol. The number of nitrogens with zero attached hydrogens (tertiary/aromatic N) is 1. The zero-order chi connectivity index (χ0) is 14.9. The van der Waals surface area contributed by atoms with E-state index in [1.54, 1.807) is 6.08 Å². The lowest BCUT2D eigenvalue weighted by atomic mass is 10.0. The predicted octanol–water partition coefficient (Wildman–Crippen LogP) is 3.66. The highest BCUT2D eigenvalue weighted by molar-refractivity contribution is 7.93. The zero-order valence-corrected chi connectivity index (χ0v) is 12.5. The Labute approximate surface area is 125 Å². The average Bonchev–Trinajstić information content (AvgIpc) is 2.49. The number of sulfonamides is 1. The van der Waals surface area contributed by atoms with Gasteiger partial charge in [-0.2, -0.15) is 0 Å². The van der Waals surface area contributed by atoms with Gasteiger partial charge in [-0.25, -0.2) is 12.7 Å². The molecule has 3 nitrogen and oxygen atoms in total. The van der Waals surface area contributed by atoms with Gasteiger partial charge in [0, 0.05) is 0 Å². The molecule has 108 valence electrons. The van der Waals surface area contributed by atoms with E-state index in [0.717, 1.165) is 11.3 Å². The maximum Gasteiger partial charge on any atom is 0.243 e. The molecule has 2 aromatic carbocycles. The Morgan fingerprint density at radius 3 is 2.48 bits per heavy atom. The Kier molecular flexibility index (Phi) is 3.55. The van der Waals surface area contributed by atoms with E-state index in [1.807, 2.05) is 54.6 Å². The minimum absolute atomic E-state index is 0.454. The molecule has 1 aliphatic heterocycles. The lowest BCUT2D eigenvalue weighted by Crippen LogP contribution is -2.41. The molecule has 3 rings (SSSR count). The van der Waals surface area contributed by atoms with Crippen molar-refractivity contribution in [1.82, 2.24) is 0 Å². The molecule has 0 fully saturated rings. The van der Waals surface area contributed by atoms with Crippen molar-refractivity contribution >= 4 is 21.4 Å². The van der Waals surface area contributed by atoms with Gasteiger partial charge in [-0.3, -0.25) is 0 Å². The lowest BCUT2D eigenvalue weighted by Gasteiger charge is -2.35. The predicted molar refractivity (Wildman–Crippen MR) is 86.2 cm³/mol. The van der Waals surface area contributed by atoms with Crippen LogP contribution in [0.1, 0.15) is 12.0 Å². The van der Waals surface area contributed by atoms with E-state index in [-0.39, 0.29) is 0 Å². The van der Waals surface area contributed by atoms with Crippen LogP contribution < -0.4 is 4.31 Å². The smallest absolute Gasteiger partial charge is 0.238 e. The van der Waals surface area contributed by atoms with E-state index < -0.39 is 15.3 Å². The van der Waals surface area contributed by atoms with Gasteiger partial charge in [0.05, 0.1) is 16.6 Å². The fourth-order valence-corrected chi connectivity index (χ4v) is 4.69. The summed E-state index contributed by atoms with van der Waals surface area (Å²) in [5.41, 5.74) is 2.49. The number of rotatable bonds is 3. The van der Waals surface area contributed by atoms with Gasteiger partial charge in [0.15, 0.2) is 0 Å². The minimum atomic E-state index is -3.43. The number of allylic oxidation sites excluding steroid dienone is 1. The Hall–Kier alpha value is -2.07. The van der Waals surface area contributed by atoms with Crippen molar-refractivity contribution in [2.24, 2.45) is 0 Å². The summed E-state index contributed by atoms with van der Waals surface area (Å²) in [6, 6.07) is 16.9. The Morgan fingerprint density at radius 2 is 1.76 bits per heavy atom. The van der Waals surface area contributed by atoms with Gasteiger partial charge < -0.3 is 0 Å². The second kappa shape index (κ2) is 5.37. The molecule has 0 spiro atoms. The molecule has 0 radical (unpaired) electrons. The Bertz CT molecular complexity index is 753. The molecule has 2 aromatic rings. The first kappa shape index (κ1) is 13.9. The third-order valence-corrected chi connectivity index (χ3v) is 5.87. The standard InChI is InChI=1S/C17H17NO2S/c1-2-8-16-13-14-9-6-7-12-17(14)18(21(16,19)20)15-10-4-3-5-11-15/h2-7,9-12,16H,1,8,13H2. The molecule has 1 unspecified atom stereocenters. The second-order valence-corrected chi connectivity index (χ2v) is 7.19. The highest BCUT2D eigenvalue weighted by atomic mass is 32.2. The van der Waals surface area contributed by atoms with Crippen LogP contribution in [0.5, 0.6) is 0 Å². The number of fused-ring (bicyclic) bond motifs is 1. The number of benzene rings is 2. The summed E-state index contributed by atoms with van der Waals surface area (Å²) < 4.78 is 27.4. The molecular weight excluding hydrogens is 282 g/mol. The molecule has 0 aromatic heterocycles. The third-order valence-electron chi connectivity index (χ3n) is 3.75. The first-order chi connectivity index (χ1) is 10.1. The van der Waals surface area contributed by atoms with Crippen molar-refractivity contribution in [3.8, 4) is 0 Å². The topological polar surface area (TPSA) is 37.4 Å². The van der Waals surface area contributed by atoms with Gasteiger partial charge in [-0.05, 0) is 36.6 Å². The van der Waals surface area contributed by atoms with E-state index in [0.29, 0.717) is 18.5 Å². The summed E-state index contributed by atoms with van der Waals surface area (Å²) in [4.78, 5) is 0. The molecule has 0 amide bonds. The number of hydrogen-bond acceptors (Lipinski definition) is 2. The molecule has 0 saturated carbocycles. The minimum Gasteiger partial charge on any atom is -0.238 e. The van der Waals surface area contributed by atoms with Crippen molar-refractivity contribution in [2.45, 2.75) is 18.1 Å². The normalized spacial score (nSPS) is 19.8. The van der Waals surface area contributed by atoms with Gasteiger partial charge in [0.1, 0.15) is 0 Å².